The first-order chi connectivity index (χ1) is 5.66. The van der Waals surface area contributed by atoms with Gasteiger partial charge in [0, 0.05) is 20.1 Å². The highest BCUT2D eigenvalue weighted by Gasteiger charge is 2.49. The molecule has 0 aliphatic heterocycles. The highest BCUT2D eigenvalue weighted by atomic mass is 16.2. The van der Waals surface area contributed by atoms with Gasteiger partial charge in [0.2, 0.25) is 5.91 Å². The standard InChI is InChI=1S/C9H18N2O/c1-3-6-11(2)8(12)9(7-10)4-5-9/h3-7,10H2,1-2H3. The molecule has 0 unspecified atom stereocenters. The van der Waals surface area contributed by atoms with Crippen LogP contribution in [0.2, 0.25) is 0 Å². The Morgan fingerprint density at radius 3 is 2.50 bits per heavy atom. The molecule has 1 fully saturated rings. The van der Waals surface area contributed by atoms with Gasteiger partial charge >= 0.3 is 0 Å². The van der Waals surface area contributed by atoms with E-state index in [1.165, 1.54) is 0 Å². The summed E-state index contributed by atoms with van der Waals surface area (Å²) in [6, 6.07) is 0. The highest BCUT2D eigenvalue weighted by Crippen LogP contribution is 2.45. The van der Waals surface area contributed by atoms with Crippen LogP contribution < -0.4 is 5.73 Å². The molecule has 1 amide bonds. The molecule has 0 heterocycles. The molecule has 0 aromatic heterocycles. The summed E-state index contributed by atoms with van der Waals surface area (Å²) in [6.45, 7) is 3.44. The van der Waals surface area contributed by atoms with Crippen LogP contribution in [0.25, 0.3) is 0 Å². The average Bonchev–Trinajstić information content (AvgIpc) is 2.84. The molecule has 1 saturated carbocycles. The smallest absolute Gasteiger partial charge is 0.229 e. The molecule has 0 saturated heterocycles. The first-order valence-electron chi connectivity index (χ1n) is 4.62. The minimum Gasteiger partial charge on any atom is -0.345 e. The van der Waals surface area contributed by atoms with E-state index in [2.05, 4.69) is 6.92 Å². The Morgan fingerprint density at radius 1 is 1.58 bits per heavy atom. The van der Waals surface area contributed by atoms with Crippen molar-refractivity contribution < 1.29 is 4.79 Å². The van der Waals surface area contributed by atoms with E-state index in [9.17, 15) is 4.79 Å². The van der Waals surface area contributed by atoms with Crippen LogP contribution in [0.5, 0.6) is 0 Å². The Balaban J connectivity index is 2.46. The zero-order valence-electron chi connectivity index (χ0n) is 7.97. The van der Waals surface area contributed by atoms with E-state index in [-0.39, 0.29) is 11.3 Å². The Kier molecular flexibility index (Phi) is 2.73. The first kappa shape index (κ1) is 9.52. The van der Waals surface area contributed by atoms with Gasteiger partial charge in [0.15, 0.2) is 0 Å². The van der Waals surface area contributed by atoms with E-state index in [1.807, 2.05) is 7.05 Å². The topological polar surface area (TPSA) is 46.3 Å². The predicted octanol–water partition coefficient (Wildman–Crippen LogP) is 0.594. The lowest BCUT2D eigenvalue weighted by atomic mass is 10.1. The van der Waals surface area contributed by atoms with Crippen molar-refractivity contribution in [1.82, 2.24) is 4.90 Å². The molecule has 1 aliphatic rings. The largest absolute Gasteiger partial charge is 0.345 e. The second kappa shape index (κ2) is 3.44. The number of nitrogens with zero attached hydrogens (tertiary/aromatic N) is 1. The average molecular weight is 170 g/mol. The molecule has 0 atom stereocenters. The Labute approximate surface area is 73.9 Å². The monoisotopic (exact) mass is 170 g/mol. The zero-order chi connectivity index (χ0) is 9.19. The molecule has 70 valence electrons. The van der Waals surface area contributed by atoms with Crippen molar-refractivity contribution in [2.75, 3.05) is 20.1 Å². The molecule has 0 spiro atoms. The van der Waals surface area contributed by atoms with E-state index < -0.39 is 0 Å². The predicted molar refractivity (Wildman–Crippen MR) is 48.6 cm³/mol. The van der Waals surface area contributed by atoms with Gasteiger partial charge in [0.1, 0.15) is 0 Å². The quantitative estimate of drug-likeness (QED) is 0.671. The Bertz CT molecular complexity index is 175. The molecule has 1 rings (SSSR count). The van der Waals surface area contributed by atoms with Crippen molar-refractivity contribution in [3.8, 4) is 0 Å². The van der Waals surface area contributed by atoms with Crippen molar-refractivity contribution in [2.24, 2.45) is 11.1 Å². The summed E-state index contributed by atoms with van der Waals surface area (Å²) < 4.78 is 0. The van der Waals surface area contributed by atoms with Crippen molar-refractivity contribution >= 4 is 5.91 Å². The van der Waals surface area contributed by atoms with Gasteiger partial charge in [-0.1, -0.05) is 6.92 Å². The summed E-state index contributed by atoms with van der Waals surface area (Å²) in [5.74, 6) is 0.242. The van der Waals surface area contributed by atoms with Crippen molar-refractivity contribution in [3.63, 3.8) is 0 Å². The maximum atomic E-state index is 11.7. The summed E-state index contributed by atoms with van der Waals surface area (Å²) in [5.41, 5.74) is 5.39. The normalized spacial score (nSPS) is 18.9. The third kappa shape index (κ3) is 1.61. The summed E-state index contributed by atoms with van der Waals surface area (Å²) in [7, 11) is 1.86. The number of carbonyl (C=O) groups excluding carboxylic acids is 1. The van der Waals surface area contributed by atoms with Crippen LogP contribution in [0.1, 0.15) is 26.2 Å². The van der Waals surface area contributed by atoms with E-state index in [0.717, 1.165) is 25.8 Å². The minimum absolute atomic E-state index is 0.163. The van der Waals surface area contributed by atoms with Crippen LogP contribution in [0.15, 0.2) is 0 Å². The summed E-state index contributed by atoms with van der Waals surface area (Å²) in [6.07, 6.45) is 2.98. The van der Waals surface area contributed by atoms with Crippen LogP contribution in [-0.2, 0) is 4.79 Å². The molecule has 3 nitrogen and oxygen atoms in total. The molecule has 12 heavy (non-hydrogen) atoms. The Hall–Kier alpha value is -0.570. The fourth-order valence-corrected chi connectivity index (χ4v) is 1.50. The fourth-order valence-electron chi connectivity index (χ4n) is 1.50. The molecule has 1 aliphatic carbocycles. The Morgan fingerprint density at radius 2 is 2.17 bits per heavy atom. The van der Waals surface area contributed by atoms with Gasteiger partial charge < -0.3 is 10.6 Å². The molecule has 0 aromatic carbocycles. The molecular formula is C9H18N2O. The fraction of sp³-hybridized carbons (Fsp3) is 0.889. The minimum atomic E-state index is -0.163. The van der Waals surface area contributed by atoms with Crippen molar-refractivity contribution in [1.29, 1.82) is 0 Å². The number of amides is 1. The van der Waals surface area contributed by atoms with Gasteiger partial charge in [0.05, 0.1) is 5.41 Å². The van der Waals surface area contributed by atoms with Crippen LogP contribution >= 0.6 is 0 Å². The second-order valence-corrected chi connectivity index (χ2v) is 3.71. The number of hydrogen-bond donors (Lipinski definition) is 1. The second-order valence-electron chi connectivity index (χ2n) is 3.71. The lowest BCUT2D eigenvalue weighted by Gasteiger charge is -2.21. The molecule has 2 N–H and O–H groups in total. The van der Waals surface area contributed by atoms with Gasteiger partial charge in [-0.05, 0) is 19.3 Å². The van der Waals surface area contributed by atoms with Crippen LogP contribution in [-0.4, -0.2) is 30.9 Å². The van der Waals surface area contributed by atoms with Gasteiger partial charge in [-0.2, -0.15) is 0 Å². The summed E-state index contributed by atoms with van der Waals surface area (Å²) >= 11 is 0. The van der Waals surface area contributed by atoms with Crippen LogP contribution in [0.4, 0.5) is 0 Å². The third-order valence-electron chi connectivity index (χ3n) is 2.60. The SMILES string of the molecule is CCCN(C)C(=O)C1(CN)CC1. The van der Waals surface area contributed by atoms with E-state index in [0.29, 0.717) is 6.54 Å². The lowest BCUT2D eigenvalue weighted by molar-refractivity contribution is -0.135. The molecule has 0 bridgehead atoms. The highest BCUT2D eigenvalue weighted by molar-refractivity contribution is 5.85. The van der Waals surface area contributed by atoms with E-state index in [1.54, 1.807) is 4.90 Å². The van der Waals surface area contributed by atoms with Crippen LogP contribution in [0.3, 0.4) is 0 Å². The van der Waals surface area contributed by atoms with Crippen molar-refractivity contribution in [2.45, 2.75) is 26.2 Å². The van der Waals surface area contributed by atoms with Gasteiger partial charge in [-0.15, -0.1) is 0 Å². The van der Waals surface area contributed by atoms with Crippen molar-refractivity contribution in [3.05, 3.63) is 0 Å². The molecule has 0 aromatic rings. The van der Waals surface area contributed by atoms with E-state index >= 15 is 0 Å². The molecule has 0 radical (unpaired) electrons. The first-order valence-corrected chi connectivity index (χ1v) is 4.62. The van der Waals surface area contributed by atoms with Gasteiger partial charge in [-0.25, -0.2) is 0 Å². The maximum Gasteiger partial charge on any atom is 0.229 e. The number of hydrogen-bond acceptors (Lipinski definition) is 2. The number of nitrogens with two attached hydrogens (primary N) is 1. The summed E-state index contributed by atoms with van der Waals surface area (Å²) in [4.78, 5) is 13.5. The maximum absolute atomic E-state index is 11.7. The molecule has 3 heteroatoms. The number of rotatable bonds is 4. The number of carbonyl (C=O) groups is 1. The lowest BCUT2D eigenvalue weighted by Crippen LogP contribution is -2.38. The van der Waals surface area contributed by atoms with E-state index in [4.69, 9.17) is 5.73 Å². The van der Waals surface area contributed by atoms with Gasteiger partial charge in [0.25, 0.3) is 0 Å². The van der Waals surface area contributed by atoms with Gasteiger partial charge in [-0.3, -0.25) is 4.79 Å². The summed E-state index contributed by atoms with van der Waals surface area (Å²) in [5, 5.41) is 0. The zero-order valence-corrected chi connectivity index (χ0v) is 7.97. The third-order valence-corrected chi connectivity index (χ3v) is 2.60. The van der Waals surface area contributed by atoms with Crippen LogP contribution in [0, 0.1) is 5.41 Å². The molecular weight excluding hydrogens is 152 g/mol.